The minimum atomic E-state index is -0.406. The molecule has 1 unspecified atom stereocenters. The molecule has 2 atom stereocenters. The summed E-state index contributed by atoms with van der Waals surface area (Å²) in [6.45, 7) is 10.5. The molecule has 2 fully saturated rings. The monoisotopic (exact) mass is 487 g/mol. The average molecular weight is 488 g/mol. The molecule has 0 amide bonds. The number of imidazole rings is 1. The van der Waals surface area contributed by atoms with Gasteiger partial charge in [-0.1, -0.05) is 24.3 Å². The van der Waals surface area contributed by atoms with E-state index in [0.29, 0.717) is 47.8 Å². The number of piperazine rings is 1. The normalized spacial score (nSPS) is 19.8. The summed E-state index contributed by atoms with van der Waals surface area (Å²) in [4.78, 5) is 23.1. The van der Waals surface area contributed by atoms with Crippen LogP contribution in [0.4, 0.5) is 4.39 Å². The van der Waals surface area contributed by atoms with E-state index in [1.807, 2.05) is 18.4 Å². The van der Waals surface area contributed by atoms with Gasteiger partial charge >= 0.3 is 6.01 Å². The zero-order valence-electron chi connectivity index (χ0n) is 20.7. The average Bonchev–Trinajstić information content (AvgIpc) is 3.44. The van der Waals surface area contributed by atoms with Crippen molar-refractivity contribution in [1.29, 1.82) is 0 Å². The highest BCUT2D eigenvalue weighted by molar-refractivity contribution is 5.79. The van der Waals surface area contributed by atoms with E-state index >= 15 is 0 Å². The largest absolute Gasteiger partial charge is 0.464 e. The second kappa shape index (κ2) is 9.55. The maximum atomic E-state index is 14.0. The van der Waals surface area contributed by atoms with Crippen LogP contribution >= 0.6 is 0 Å². The number of nitrogens with zero attached hydrogens (tertiary/aromatic N) is 7. The summed E-state index contributed by atoms with van der Waals surface area (Å²) in [5.41, 5.74) is 5.08. The molecule has 186 valence electrons. The van der Waals surface area contributed by atoms with Crippen LogP contribution in [-0.2, 0) is 13.1 Å². The van der Waals surface area contributed by atoms with Crippen molar-refractivity contribution in [1.82, 2.24) is 34.3 Å². The molecule has 0 radical (unpaired) electrons. The van der Waals surface area contributed by atoms with Crippen LogP contribution in [-0.4, -0.2) is 73.1 Å². The van der Waals surface area contributed by atoms with Crippen LogP contribution in [0.15, 0.2) is 42.7 Å². The molecule has 0 N–H and O–H groups in total. The maximum absolute atomic E-state index is 14.0. The summed E-state index contributed by atoms with van der Waals surface area (Å²) in [5, 5.41) is 0. The molecule has 2 aliphatic rings. The Balaban J connectivity index is 1.32. The van der Waals surface area contributed by atoms with E-state index < -0.39 is 5.82 Å². The first kappa shape index (κ1) is 23.0. The number of ether oxygens (including phenoxy) is 1. The first-order valence-corrected chi connectivity index (χ1v) is 12.6. The van der Waals surface area contributed by atoms with Crippen molar-refractivity contribution in [2.24, 2.45) is 0 Å². The Hall–Kier alpha value is -3.43. The molecule has 8 nitrogen and oxygen atoms in total. The minimum Gasteiger partial charge on any atom is -0.464 e. The van der Waals surface area contributed by atoms with Gasteiger partial charge in [0.25, 0.3) is 0 Å². The van der Waals surface area contributed by atoms with E-state index in [9.17, 15) is 4.39 Å². The topological polar surface area (TPSA) is 72.2 Å². The number of fused-ring (bicyclic) bond motifs is 3. The zero-order chi connectivity index (χ0) is 24.6. The van der Waals surface area contributed by atoms with Crippen LogP contribution in [0.2, 0.25) is 0 Å². The highest BCUT2D eigenvalue weighted by atomic mass is 19.1. The van der Waals surface area contributed by atoms with E-state index in [-0.39, 0.29) is 0 Å². The lowest BCUT2D eigenvalue weighted by atomic mass is 10.1. The van der Waals surface area contributed by atoms with Gasteiger partial charge in [-0.2, -0.15) is 9.97 Å². The Morgan fingerprint density at radius 1 is 1.00 bits per heavy atom. The lowest BCUT2D eigenvalue weighted by Gasteiger charge is -2.34. The van der Waals surface area contributed by atoms with E-state index in [0.717, 1.165) is 24.3 Å². The molecule has 2 saturated heterocycles. The van der Waals surface area contributed by atoms with Gasteiger partial charge in [0.2, 0.25) is 0 Å². The number of aryl methyl sites for hydroxylation is 1. The van der Waals surface area contributed by atoms with Gasteiger partial charge in [-0.25, -0.2) is 9.37 Å². The Bertz CT molecular complexity index is 1390. The lowest BCUT2D eigenvalue weighted by Crippen LogP contribution is -2.46. The molecule has 3 aromatic heterocycles. The molecule has 2 bridgehead atoms. The SMILES string of the molecule is CCOc1nc(C)c2nc(-c3cncc(F)c3)n(Cc3ccc(CN4CCN5CC[C@@H]4C5)cc3)c2n1. The molecular formula is C27H30FN7O. The van der Waals surface area contributed by atoms with Crippen molar-refractivity contribution in [3.05, 3.63) is 65.4 Å². The summed E-state index contributed by atoms with van der Waals surface area (Å²) in [7, 11) is 0. The summed E-state index contributed by atoms with van der Waals surface area (Å²) in [6.07, 6.45) is 4.09. The Morgan fingerprint density at radius 3 is 2.58 bits per heavy atom. The third-order valence-corrected chi connectivity index (χ3v) is 7.20. The number of hydrogen-bond donors (Lipinski definition) is 0. The van der Waals surface area contributed by atoms with Crippen LogP contribution in [0.3, 0.4) is 0 Å². The highest BCUT2D eigenvalue weighted by Gasteiger charge is 2.32. The molecule has 9 heteroatoms. The van der Waals surface area contributed by atoms with Crippen molar-refractivity contribution < 1.29 is 9.13 Å². The Morgan fingerprint density at radius 2 is 1.81 bits per heavy atom. The van der Waals surface area contributed by atoms with Gasteiger partial charge in [0, 0.05) is 44.0 Å². The van der Waals surface area contributed by atoms with Crippen molar-refractivity contribution in [2.75, 3.05) is 32.8 Å². The molecule has 0 saturated carbocycles. The van der Waals surface area contributed by atoms with Crippen molar-refractivity contribution in [3.63, 3.8) is 0 Å². The molecule has 1 aromatic carbocycles. The van der Waals surface area contributed by atoms with E-state index in [1.165, 1.54) is 43.9 Å². The number of rotatable bonds is 7. The van der Waals surface area contributed by atoms with E-state index in [2.05, 4.69) is 49.0 Å². The second-order valence-electron chi connectivity index (χ2n) is 9.64. The predicted octanol–water partition coefficient (Wildman–Crippen LogP) is 3.67. The molecule has 0 aliphatic carbocycles. The highest BCUT2D eigenvalue weighted by Crippen LogP contribution is 2.28. The second-order valence-corrected chi connectivity index (χ2v) is 9.64. The van der Waals surface area contributed by atoms with Crippen LogP contribution in [0.1, 0.15) is 30.2 Å². The fourth-order valence-electron chi connectivity index (χ4n) is 5.35. The summed E-state index contributed by atoms with van der Waals surface area (Å²) < 4.78 is 21.6. The molecule has 2 aliphatic heterocycles. The zero-order valence-corrected chi connectivity index (χ0v) is 20.7. The van der Waals surface area contributed by atoms with Crippen LogP contribution in [0, 0.1) is 12.7 Å². The van der Waals surface area contributed by atoms with Crippen LogP contribution in [0.5, 0.6) is 6.01 Å². The smallest absolute Gasteiger partial charge is 0.318 e. The third-order valence-electron chi connectivity index (χ3n) is 7.20. The van der Waals surface area contributed by atoms with Gasteiger partial charge in [0.15, 0.2) is 5.65 Å². The van der Waals surface area contributed by atoms with Gasteiger partial charge < -0.3 is 14.2 Å². The number of pyridine rings is 1. The Labute approximate surface area is 209 Å². The van der Waals surface area contributed by atoms with Gasteiger partial charge in [-0.15, -0.1) is 0 Å². The fraction of sp³-hybridized carbons (Fsp3) is 0.407. The summed E-state index contributed by atoms with van der Waals surface area (Å²) in [5.74, 6) is 0.197. The van der Waals surface area contributed by atoms with Crippen molar-refractivity contribution in [2.45, 2.75) is 39.4 Å². The lowest BCUT2D eigenvalue weighted by molar-refractivity contribution is 0.128. The maximum Gasteiger partial charge on any atom is 0.318 e. The van der Waals surface area contributed by atoms with E-state index in [1.54, 1.807) is 6.20 Å². The number of aromatic nitrogens is 5. The van der Waals surface area contributed by atoms with Gasteiger partial charge in [-0.3, -0.25) is 9.88 Å². The molecule has 36 heavy (non-hydrogen) atoms. The van der Waals surface area contributed by atoms with Crippen LogP contribution in [0.25, 0.3) is 22.6 Å². The van der Waals surface area contributed by atoms with Crippen molar-refractivity contribution >= 4 is 11.2 Å². The molecule has 6 rings (SSSR count). The molecule has 4 aromatic rings. The van der Waals surface area contributed by atoms with Gasteiger partial charge in [0.1, 0.15) is 17.2 Å². The predicted molar refractivity (Wildman–Crippen MR) is 135 cm³/mol. The minimum absolute atomic E-state index is 0.315. The first-order valence-electron chi connectivity index (χ1n) is 12.6. The van der Waals surface area contributed by atoms with Gasteiger partial charge in [-0.05, 0) is 44.0 Å². The standard InChI is InChI=1S/C27H30FN7O/c1-3-36-27-30-18(2)24-26(32-27)35(25(31-24)21-12-22(28)14-29-13-21)16-20-6-4-19(5-7-20)15-34-11-10-33-9-8-23(34)17-33/h4-7,12-14,23H,3,8-11,15-17H2,1-2H3/t23-/m1/s1. The van der Waals surface area contributed by atoms with E-state index in [4.69, 9.17) is 9.72 Å². The molecular weight excluding hydrogens is 457 g/mol. The first-order chi connectivity index (χ1) is 17.6. The summed E-state index contributed by atoms with van der Waals surface area (Å²) in [6, 6.07) is 11.2. The quantitative estimate of drug-likeness (QED) is 0.394. The van der Waals surface area contributed by atoms with Crippen LogP contribution < -0.4 is 4.74 Å². The Kier molecular flexibility index (Phi) is 6.10. The molecule has 5 heterocycles. The fourth-order valence-corrected chi connectivity index (χ4v) is 5.35. The third kappa shape index (κ3) is 4.44. The number of halogens is 1. The summed E-state index contributed by atoms with van der Waals surface area (Å²) >= 11 is 0. The molecule has 0 spiro atoms. The van der Waals surface area contributed by atoms with Crippen molar-refractivity contribution in [3.8, 4) is 17.4 Å². The number of hydrogen-bond acceptors (Lipinski definition) is 7. The number of benzene rings is 1. The van der Waals surface area contributed by atoms with Gasteiger partial charge in [0.05, 0.1) is 25.0 Å².